The normalized spacial score (nSPS) is 11.7. The largest absolute Gasteiger partial charge is 0.497 e. The van der Waals surface area contributed by atoms with Gasteiger partial charge in [0.05, 0.1) is 12.8 Å². The second-order valence-corrected chi connectivity index (χ2v) is 6.63. The number of rotatable bonds is 7. The number of benzene rings is 1. The molecule has 0 fully saturated rings. The van der Waals surface area contributed by atoms with E-state index >= 15 is 0 Å². The van der Waals surface area contributed by atoms with E-state index < -0.39 is 17.8 Å². The molecule has 0 spiro atoms. The second kappa shape index (κ2) is 8.88. The molecule has 160 valence electrons. The lowest BCUT2D eigenvalue weighted by molar-refractivity contribution is -0.142. The van der Waals surface area contributed by atoms with Gasteiger partial charge in [-0.15, -0.1) is 0 Å². The minimum absolute atomic E-state index is 0.0163. The Labute approximate surface area is 174 Å². The molecular formula is C19H18ClF3N4O3. The summed E-state index contributed by atoms with van der Waals surface area (Å²) in [4.78, 5) is 16.6. The molecular weight excluding hydrogens is 425 g/mol. The lowest BCUT2D eigenvalue weighted by atomic mass is 10.1. The number of nitrogens with zero attached hydrogens (tertiary/aromatic N) is 3. The van der Waals surface area contributed by atoms with Crippen molar-refractivity contribution in [3.63, 3.8) is 0 Å². The quantitative estimate of drug-likeness (QED) is 0.562. The van der Waals surface area contributed by atoms with E-state index in [-0.39, 0.29) is 28.6 Å². The van der Waals surface area contributed by atoms with Gasteiger partial charge in [0.15, 0.2) is 17.0 Å². The molecule has 3 aromatic rings. The molecule has 0 unspecified atom stereocenters. The first kappa shape index (κ1) is 21.8. The number of methoxy groups -OCH3 is 2. The number of carbonyl (C=O) groups is 1. The lowest BCUT2D eigenvalue weighted by Crippen LogP contribution is -2.26. The van der Waals surface area contributed by atoms with E-state index in [2.05, 4.69) is 15.4 Å². The summed E-state index contributed by atoms with van der Waals surface area (Å²) in [6.45, 7) is 0.675. The van der Waals surface area contributed by atoms with E-state index in [1.807, 2.05) is 0 Å². The predicted molar refractivity (Wildman–Crippen MR) is 104 cm³/mol. The fourth-order valence-electron chi connectivity index (χ4n) is 2.77. The molecule has 0 aliphatic carbocycles. The van der Waals surface area contributed by atoms with E-state index in [1.165, 1.54) is 14.2 Å². The van der Waals surface area contributed by atoms with Crippen LogP contribution < -0.4 is 10.1 Å². The van der Waals surface area contributed by atoms with Crippen LogP contribution in [0.25, 0.3) is 16.9 Å². The molecule has 2 heterocycles. The minimum atomic E-state index is -4.75. The van der Waals surface area contributed by atoms with Gasteiger partial charge in [-0.2, -0.15) is 18.3 Å². The van der Waals surface area contributed by atoms with Gasteiger partial charge in [-0.1, -0.05) is 23.7 Å². The van der Waals surface area contributed by atoms with Crippen LogP contribution in [0.5, 0.6) is 5.75 Å². The summed E-state index contributed by atoms with van der Waals surface area (Å²) in [7, 11) is 2.97. The zero-order valence-electron chi connectivity index (χ0n) is 16.1. The molecule has 0 bridgehead atoms. The van der Waals surface area contributed by atoms with Crippen molar-refractivity contribution in [2.24, 2.45) is 0 Å². The summed E-state index contributed by atoms with van der Waals surface area (Å²) in [6, 6.07) is 7.28. The summed E-state index contributed by atoms with van der Waals surface area (Å²) in [5.74, 6) is -0.240. The number of ether oxygens (including phenoxy) is 2. The van der Waals surface area contributed by atoms with Gasteiger partial charge in [0.2, 0.25) is 0 Å². The number of aromatic nitrogens is 3. The molecule has 2 aromatic heterocycles. The van der Waals surface area contributed by atoms with Gasteiger partial charge < -0.3 is 14.8 Å². The van der Waals surface area contributed by atoms with Gasteiger partial charge in [-0.3, -0.25) is 4.79 Å². The van der Waals surface area contributed by atoms with E-state index in [9.17, 15) is 18.0 Å². The number of fused-ring (bicyclic) bond motifs is 1. The van der Waals surface area contributed by atoms with E-state index in [4.69, 9.17) is 21.1 Å². The van der Waals surface area contributed by atoms with Crippen LogP contribution >= 0.6 is 11.6 Å². The molecule has 0 radical (unpaired) electrons. The topological polar surface area (TPSA) is 77.8 Å². The molecule has 0 aliphatic heterocycles. The van der Waals surface area contributed by atoms with Gasteiger partial charge >= 0.3 is 6.18 Å². The van der Waals surface area contributed by atoms with Crippen molar-refractivity contribution in [3.05, 3.63) is 46.7 Å². The highest BCUT2D eigenvalue weighted by Gasteiger charge is 2.36. The van der Waals surface area contributed by atoms with Gasteiger partial charge in [-0.05, 0) is 24.6 Å². The highest BCUT2D eigenvalue weighted by atomic mass is 35.5. The number of alkyl halides is 3. The minimum Gasteiger partial charge on any atom is -0.497 e. The Hall–Kier alpha value is -2.85. The molecule has 1 aromatic carbocycles. The molecule has 0 saturated carbocycles. The zero-order valence-corrected chi connectivity index (χ0v) is 16.8. The number of hydrogen-bond donors (Lipinski definition) is 1. The standard InChI is InChI=1S/C19H18ClF3N4O3/c1-29-8-4-7-24-18(28)16-15(20)17-25-13(11-5-3-6-12(9-11)30-2)10-14(19(21,22)23)27(17)26-16/h3,5-6,9-10H,4,7-8H2,1-2H3,(H,24,28). The average molecular weight is 443 g/mol. The van der Waals surface area contributed by atoms with Crippen molar-refractivity contribution in [1.82, 2.24) is 19.9 Å². The molecule has 1 N–H and O–H groups in total. The van der Waals surface area contributed by atoms with Crippen molar-refractivity contribution < 1.29 is 27.4 Å². The number of amides is 1. The third kappa shape index (κ3) is 4.49. The molecule has 0 aliphatic rings. The first-order chi connectivity index (χ1) is 14.3. The smallest absolute Gasteiger partial charge is 0.433 e. The van der Waals surface area contributed by atoms with Crippen LogP contribution in [0.3, 0.4) is 0 Å². The number of nitrogens with one attached hydrogen (secondary N) is 1. The Kier molecular flexibility index (Phi) is 6.47. The van der Waals surface area contributed by atoms with E-state index in [1.54, 1.807) is 24.3 Å². The van der Waals surface area contributed by atoms with Crippen LogP contribution in [0.1, 0.15) is 22.6 Å². The van der Waals surface area contributed by atoms with E-state index in [0.29, 0.717) is 28.9 Å². The molecule has 30 heavy (non-hydrogen) atoms. The van der Waals surface area contributed by atoms with Crippen LogP contribution in [-0.2, 0) is 10.9 Å². The molecule has 0 atom stereocenters. The Morgan fingerprint density at radius 3 is 2.70 bits per heavy atom. The summed E-state index contributed by atoms with van der Waals surface area (Å²) < 4.78 is 51.7. The maximum absolute atomic E-state index is 13.7. The van der Waals surface area contributed by atoms with Crippen LogP contribution in [0, 0.1) is 0 Å². The van der Waals surface area contributed by atoms with Crippen molar-refractivity contribution in [1.29, 1.82) is 0 Å². The monoisotopic (exact) mass is 442 g/mol. The second-order valence-electron chi connectivity index (χ2n) is 6.26. The fourth-order valence-corrected chi connectivity index (χ4v) is 3.02. The molecule has 11 heteroatoms. The first-order valence-electron chi connectivity index (χ1n) is 8.84. The summed E-state index contributed by atoms with van der Waals surface area (Å²) in [6.07, 6.45) is -4.23. The van der Waals surface area contributed by atoms with Gasteiger partial charge in [0.1, 0.15) is 10.8 Å². The Morgan fingerprint density at radius 1 is 1.27 bits per heavy atom. The first-order valence-corrected chi connectivity index (χ1v) is 9.22. The Morgan fingerprint density at radius 2 is 2.03 bits per heavy atom. The van der Waals surface area contributed by atoms with Crippen molar-refractivity contribution in [3.8, 4) is 17.0 Å². The molecule has 1 amide bonds. The lowest BCUT2D eigenvalue weighted by Gasteiger charge is -2.11. The van der Waals surface area contributed by atoms with Crippen LogP contribution in [0.15, 0.2) is 30.3 Å². The van der Waals surface area contributed by atoms with Gasteiger partial charge in [-0.25, -0.2) is 9.50 Å². The van der Waals surface area contributed by atoms with Crippen LogP contribution in [-0.4, -0.2) is 47.9 Å². The van der Waals surface area contributed by atoms with Crippen molar-refractivity contribution in [2.45, 2.75) is 12.6 Å². The fraction of sp³-hybridized carbons (Fsp3) is 0.316. The number of carbonyl (C=O) groups excluding carboxylic acids is 1. The third-order valence-electron chi connectivity index (χ3n) is 4.21. The van der Waals surface area contributed by atoms with Crippen molar-refractivity contribution in [2.75, 3.05) is 27.4 Å². The molecule has 7 nitrogen and oxygen atoms in total. The van der Waals surface area contributed by atoms with Crippen LogP contribution in [0.4, 0.5) is 13.2 Å². The van der Waals surface area contributed by atoms with Crippen LogP contribution in [0.2, 0.25) is 5.02 Å². The average Bonchev–Trinajstić information content (AvgIpc) is 3.06. The molecule has 3 rings (SSSR count). The maximum atomic E-state index is 13.7. The SMILES string of the molecule is COCCCNC(=O)c1nn2c(C(F)(F)F)cc(-c3cccc(OC)c3)nc2c1Cl. The zero-order chi connectivity index (χ0) is 21.9. The number of halogens is 4. The highest BCUT2D eigenvalue weighted by Crippen LogP contribution is 2.35. The van der Waals surface area contributed by atoms with Crippen molar-refractivity contribution >= 4 is 23.2 Å². The van der Waals surface area contributed by atoms with E-state index in [0.717, 1.165) is 6.07 Å². The van der Waals surface area contributed by atoms with Gasteiger partial charge in [0, 0.05) is 25.8 Å². The summed E-state index contributed by atoms with van der Waals surface area (Å²) >= 11 is 6.21. The Bertz CT molecular complexity index is 1070. The Balaban J connectivity index is 2.10. The predicted octanol–water partition coefficient (Wildman–Crippen LogP) is 3.84. The summed E-state index contributed by atoms with van der Waals surface area (Å²) in [5.41, 5.74) is -1.31. The summed E-state index contributed by atoms with van der Waals surface area (Å²) in [5, 5.41) is 6.06. The number of hydrogen-bond acceptors (Lipinski definition) is 5. The van der Waals surface area contributed by atoms with Gasteiger partial charge in [0.25, 0.3) is 5.91 Å². The maximum Gasteiger partial charge on any atom is 0.433 e. The highest BCUT2D eigenvalue weighted by molar-refractivity contribution is 6.36. The molecule has 0 saturated heterocycles. The third-order valence-corrected chi connectivity index (χ3v) is 4.56.